The van der Waals surface area contributed by atoms with E-state index >= 15 is 0 Å². The summed E-state index contributed by atoms with van der Waals surface area (Å²) in [6.45, 7) is 2.01. The van der Waals surface area contributed by atoms with E-state index in [4.69, 9.17) is 0 Å². The number of nitrogens with one attached hydrogen (secondary N) is 2. The van der Waals surface area contributed by atoms with E-state index in [1.165, 1.54) is 0 Å². The number of aliphatic hydroxyl groups excluding tert-OH is 1. The van der Waals surface area contributed by atoms with Gasteiger partial charge in [0.15, 0.2) is 0 Å². The Hall–Kier alpha value is -5.22. The Bertz CT molecular complexity index is 1840. The van der Waals surface area contributed by atoms with Crippen LogP contribution in [0, 0.1) is 10.1 Å². The Morgan fingerprint density at radius 3 is 1.95 bits per heavy atom. The number of azo groups is 2. The molecule has 0 bridgehead atoms. The van der Waals surface area contributed by atoms with Crippen molar-refractivity contribution in [3.05, 3.63) is 107 Å². The number of anilines is 2. The van der Waals surface area contributed by atoms with Crippen LogP contribution in [0.15, 0.2) is 111 Å². The van der Waals surface area contributed by atoms with Crippen LogP contribution >= 0.6 is 0 Å². The lowest BCUT2D eigenvalue weighted by molar-refractivity contribution is -0.479. The van der Waals surface area contributed by atoms with Crippen molar-refractivity contribution in [2.45, 2.75) is 25.4 Å². The second kappa shape index (κ2) is 11.3. The average molecular weight is 560 g/mol. The minimum Gasteiger partial charge on any atom is -0.396 e. The average Bonchev–Trinajstić information content (AvgIpc) is 2.99. The van der Waals surface area contributed by atoms with Gasteiger partial charge in [-0.2, -0.15) is 5.11 Å². The van der Waals surface area contributed by atoms with Crippen molar-refractivity contribution in [3.63, 3.8) is 0 Å². The van der Waals surface area contributed by atoms with Gasteiger partial charge in [-0.3, -0.25) is 10.1 Å². The number of nitro groups is 1. The topological polar surface area (TPSA) is 137 Å². The molecule has 0 aromatic heterocycles. The summed E-state index contributed by atoms with van der Waals surface area (Å²) in [7, 11) is 0. The summed E-state index contributed by atoms with van der Waals surface area (Å²) in [5.41, 5.74) is 5.24. The summed E-state index contributed by atoms with van der Waals surface area (Å²) in [5, 5.41) is 49.2. The Balaban J connectivity index is 1.28. The van der Waals surface area contributed by atoms with E-state index in [0.29, 0.717) is 29.9 Å². The van der Waals surface area contributed by atoms with Crippen LogP contribution < -0.4 is 10.6 Å². The Labute approximate surface area is 242 Å². The van der Waals surface area contributed by atoms with Crippen molar-refractivity contribution in [1.82, 2.24) is 0 Å². The van der Waals surface area contributed by atoms with Crippen LogP contribution in [-0.2, 0) is 6.42 Å². The molecule has 0 saturated heterocycles. The molecular weight excluding hydrogens is 530 g/mol. The summed E-state index contributed by atoms with van der Waals surface area (Å²) in [6.07, 6.45) is 0.940. The molecule has 5 aromatic rings. The number of nitrogens with zero attached hydrogens (tertiary/aromatic N) is 5. The first-order chi connectivity index (χ1) is 20.4. The maximum atomic E-state index is 10.6. The molecule has 0 spiro atoms. The zero-order chi connectivity index (χ0) is 29.1. The minimum atomic E-state index is -0.445. The summed E-state index contributed by atoms with van der Waals surface area (Å²) >= 11 is 0. The SMILES string of the molecule is CC1(CCO)Nc2cccc3c(N=Nc4ccc(N=Nc5ccc(CC[N+](=O)[O-])cc5)c5ccccc45)ccc(c23)N1. The molecule has 1 heterocycles. The summed E-state index contributed by atoms with van der Waals surface area (Å²) in [4.78, 5) is 10.3. The van der Waals surface area contributed by atoms with Gasteiger partial charge in [-0.1, -0.05) is 48.5 Å². The molecule has 1 aliphatic heterocycles. The van der Waals surface area contributed by atoms with Gasteiger partial charge < -0.3 is 15.7 Å². The van der Waals surface area contributed by atoms with E-state index in [1.54, 1.807) is 0 Å². The Kier molecular flexibility index (Phi) is 7.28. The maximum absolute atomic E-state index is 10.6. The molecule has 1 aliphatic rings. The third-order valence-electron chi connectivity index (χ3n) is 7.39. The van der Waals surface area contributed by atoms with Gasteiger partial charge in [-0.05, 0) is 55.0 Å². The maximum Gasteiger partial charge on any atom is 0.207 e. The van der Waals surface area contributed by atoms with Crippen molar-refractivity contribution in [2.75, 3.05) is 23.8 Å². The second-order valence-corrected chi connectivity index (χ2v) is 10.4. The highest BCUT2D eigenvalue weighted by molar-refractivity contribution is 6.09. The molecule has 1 atom stereocenters. The van der Waals surface area contributed by atoms with E-state index < -0.39 is 5.66 Å². The third-order valence-corrected chi connectivity index (χ3v) is 7.39. The largest absolute Gasteiger partial charge is 0.396 e. The smallest absolute Gasteiger partial charge is 0.207 e. The third kappa shape index (κ3) is 5.52. The summed E-state index contributed by atoms with van der Waals surface area (Å²) in [5.74, 6) is 0. The molecular formula is C32H29N7O3. The lowest BCUT2D eigenvalue weighted by Crippen LogP contribution is -2.45. The van der Waals surface area contributed by atoms with E-state index in [-0.39, 0.29) is 18.1 Å². The molecule has 0 aliphatic carbocycles. The fraction of sp³-hybridized carbons (Fsp3) is 0.188. The van der Waals surface area contributed by atoms with Crippen LogP contribution in [0.25, 0.3) is 21.5 Å². The van der Waals surface area contributed by atoms with E-state index in [2.05, 4.69) is 31.1 Å². The second-order valence-electron chi connectivity index (χ2n) is 10.4. The van der Waals surface area contributed by atoms with E-state index in [1.807, 2.05) is 97.9 Å². The van der Waals surface area contributed by atoms with Crippen molar-refractivity contribution in [1.29, 1.82) is 0 Å². The summed E-state index contributed by atoms with van der Waals surface area (Å²) in [6, 6.07) is 28.9. The van der Waals surface area contributed by atoms with Gasteiger partial charge in [-0.25, -0.2) is 0 Å². The number of aliphatic hydroxyl groups is 1. The minimum absolute atomic E-state index is 0.0725. The van der Waals surface area contributed by atoms with Gasteiger partial charge in [0, 0.05) is 57.3 Å². The number of hydrogen-bond acceptors (Lipinski definition) is 9. The molecule has 0 radical (unpaired) electrons. The zero-order valence-corrected chi connectivity index (χ0v) is 23.0. The first kappa shape index (κ1) is 27.0. The normalized spacial score (nSPS) is 16.2. The van der Waals surface area contributed by atoms with E-state index in [9.17, 15) is 15.2 Å². The van der Waals surface area contributed by atoms with Crippen LogP contribution in [-0.4, -0.2) is 28.8 Å². The van der Waals surface area contributed by atoms with Crippen LogP contribution in [0.3, 0.4) is 0 Å². The molecule has 210 valence electrons. The lowest BCUT2D eigenvalue weighted by Gasteiger charge is -2.38. The lowest BCUT2D eigenvalue weighted by atomic mass is 9.97. The molecule has 5 aromatic carbocycles. The molecule has 1 unspecified atom stereocenters. The molecule has 0 fully saturated rings. The van der Waals surface area contributed by atoms with Gasteiger partial charge in [0.1, 0.15) is 5.66 Å². The van der Waals surface area contributed by atoms with Crippen molar-refractivity contribution in [2.24, 2.45) is 20.5 Å². The van der Waals surface area contributed by atoms with Crippen molar-refractivity contribution >= 4 is 55.7 Å². The van der Waals surface area contributed by atoms with Gasteiger partial charge >= 0.3 is 0 Å². The Morgan fingerprint density at radius 1 is 0.738 bits per heavy atom. The van der Waals surface area contributed by atoms with Crippen LogP contribution in [0.5, 0.6) is 0 Å². The molecule has 10 nitrogen and oxygen atoms in total. The molecule has 6 rings (SSSR count). The van der Waals surface area contributed by atoms with Gasteiger partial charge in [0.25, 0.3) is 0 Å². The molecule has 0 saturated carbocycles. The summed E-state index contributed by atoms with van der Waals surface area (Å²) < 4.78 is 0. The van der Waals surface area contributed by atoms with Gasteiger partial charge in [0.2, 0.25) is 6.54 Å². The van der Waals surface area contributed by atoms with Crippen LogP contribution in [0.2, 0.25) is 0 Å². The highest BCUT2D eigenvalue weighted by atomic mass is 16.6. The van der Waals surface area contributed by atoms with Crippen molar-refractivity contribution in [3.8, 4) is 0 Å². The van der Waals surface area contributed by atoms with Crippen molar-refractivity contribution < 1.29 is 10.0 Å². The van der Waals surface area contributed by atoms with Gasteiger partial charge in [0.05, 0.1) is 22.7 Å². The predicted octanol–water partition coefficient (Wildman–Crippen LogP) is 8.58. The van der Waals surface area contributed by atoms with Crippen LogP contribution in [0.1, 0.15) is 18.9 Å². The zero-order valence-electron chi connectivity index (χ0n) is 23.0. The first-order valence-electron chi connectivity index (χ1n) is 13.7. The molecule has 10 heteroatoms. The molecule has 42 heavy (non-hydrogen) atoms. The number of hydrogen-bond donors (Lipinski definition) is 3. The fourth-order valence-electron chi connectivity index (χ4n) is 5.27. The number of fused-ring (bicyclic) bond motifs is 1. The number of rotatable bonds is 9. The Morgan fingerprint density at radius 2 is 1.31 bits per heavy atom. The molecule has 0 amide bonds. The standard InChI is InChI=1S/C32H29N7O3/c1-32(18-20-40)33-29-8-4-7-25-28(15-16-30(34-32)31(25)29)38-37-27-14-13-26(23-5-2-3-6-24(23)27)36-35-22-11-9-21(10-12-22)17-19-39(41)42/h2-16,33-34,40H,17-20H2,1H3. The molecule has 3 N–H and O–H groups in total. The fourth-order valence-corrected chi connectivity index (χ4v) is 5.27. The first-order valence-corrected chi connectivity index (χ1v) is 13.7. The quantitative estimate of drug-likeness (QED) is 0.0943. The highest BCUT2D eigenvalue weighted by Gasteiger charge is 2.29. The van der Waals surface area contributed by atoms with Crippen LogP contribution in [0.4, 0.5) is 34.1 Å². The van der Waals surface area contributed by atoms with Gasteiger partial charge in [-0.15, -0.1) is 15.3 Å². The predicted molar refractivity (Wildman–Crippen MR) is 166 cm³/mol. The number of benzene rings is 5. The highest BCUT2D eigenvalue weighted by Crippen LogP contribution is 2.43. The monoisotopic (exact) mass is 559 g/mol. The van der Waals surface area contributed by atoms with E-state index in [0.717, 1.165) is 44.2 Å².